The molecule has 2 saturated carbocycles. The van der Waals surface area contributed by atoms with Crippen LogP contribution in [0.4, 0.5) is 5.00 Å². The van der Waals surface area contributed by atoms with Crippen LogP contribution in [0.15, 0.2) is 0 Å². The lowest BCUT2D eigenvalue weighted by molar-refractivity contribution is 0.0659. The fourth-order valence-electron chi connectivity index (χ4n) is 3.98. The number of ketones is 1. The van der Waals surface area contributed by atoms with Crippen LogP contribution in [0.3, 0.4) is 0 Å². The van der Waals surface area contributed by atoms with E-state index in [1.807, 2.05) is 0 Å². The summed E-state index contributed by atoms with van der Waals surface area (Å²) in [5, 5.41) is 12.9. The summed E-state index contributed by atoms with van der Waals surface area (Å²) in [5.74, 6) is 0.598. The number of carbonyl (C=O) groups is 2. The zero-order valence-corrected chi connectivity index (χ0v) is 14.6. The highest BCUT2D eigenvalue weighted by atomic mass is 32.1. The molecule has 6 heteroatoms. The normalized spacial score (nSPS) is 26.3. The molecule has 0 saturated heterocycles. The summed E-state index contributed by atoms with van der Waals surface area (Å²) in [6, 6.07) is 0.273. The molecule has 1 aromatic heterocycles. The molecule has 2 fully saturated rings. The molecule has 24 heavy (non-hydrogen) atoms. The number of rotatable bonds is 6. The summed E-state index contributed by atoms with van der Waals surface area (Å²) in [4.78, 5) is 26.4. The Balaban J connectivity index is 1.65. The third kappa shape index (κ3) is 2.75. The van der Waals surface area contributed by atoms with Crippen LogP contribution in [0.2, 0.25) is 0 Å². The SMILES string of the molecule is Nc1sc2c(c1C(=O)NC1CC1)CCC(CCO)(CC1CC1)C2=O. The van der Waals surface area contributed by atoms with Gasteiger partial charge in [-0.05, 0) is 50.0 Å². The van der Waals surface area contributed by atoms with Gasteiger partial charge in [0, 0.05) is 18.1 Å². The average molecular weight is 348 g/mol. The molecule has 4 rings (SSSR count). The smallest absolute Gasteiger partial charge is 0.254 e. The number of fused-ring (bicyclic) bond motifs is 1. The lowest BCUT2D eigenvalue weighted by atomic mass is 9.67. The van der Waals surface area contributed by atoms with Crippen molar-refractivity contribution >= 4 is 28.0 Å². The minimum absolute atomic E-state index is 0.0314. The number of nitrogens with two attached hydrogens (primary N) is 1. The Hall–Kier alpha value is -1.40. The van der Waals surface area contributed by atoms with Crippen LogP contribution in [-0.4, -0.2) is 29.4 Å². The summed E-state index contributed by atoms with van der Waals surface area (Å²) in [7, 11) is 0. The topological polar surface area (TPSA) is 92.4 Å². The lowest BCUT2D eigenvalue weighted by Crippen LogP contribution is -2.37. The Labute approximate surface area is 145 Å². The highest BCUT2D eigenvalue weighted by molar-refractivity contribution is 7.18. The molecule has 1 aromatic rings. The lowest BCUT2D eigenvalue weighted by Gasteiger charge is -2.35. The number of aliphatic hydroxyl groups is 1. The van der Waals surface area contributed by atoms with Crippen molar-refractivity contribution < 1.29 is 14.7 Å². The largest absolute Gasteiger partial charge is 0.396 e. The maximum atomic E-state index is 13.2. The molecule has 1 atom stereocenters. The second kappa shape index (κ2) is 5.85. The van der Waals surface area contributed by atoms with Crippen molar-refractivity contribution in [2.45, 2.75) is 57.4 Å². The molecule has 3 aliphatic rings. The molecule has 1 heterocycles. The minimum atomic E-state index is -0.454. The monoisotopic (exact) mass is 348 g/mol. The first-order chi connectivity index (χ1) is 11.5. The molecule has 0 bridgehead atoms. The van der Waals surface area contributed by atoms with Crippen LogP contribution in [-0.2, 0) is 6.42 Å². The highest BCUT2D eigenvalue weighted by Crippen LogP contribution is 2.51. The Morgan fingerprint density at radius 3 is 2.71 bits per heavy atom. The van der Waals surface area contributed by atoms with Gasteiger partial charge in [-0.25, -0.2) is 0 Å². The van der Waals surface area contributed by atoms with E-state index < -0.39 is 5.41 Å². The van der Waals surface area contributed by atoms with Crippen molar-refractivity contribution in [3.63, 3.8) is 0 Å². The Kier molecular flexibility index (Phi) is 3.92. The molecule has 3 aliphatic carbocycles. The predicted molar refractivity (Wildman–Crippen MR) is 93.3 cm³/mol. The third-order valence-electron chi connectivity index (χ3n) is 5.68. The quantitative estimate of drug-likeness (QED) is 0.736. The number of anilines is 1. The summed E-state index contributed by atoms with van der Waals surface area (Å²) < 4.78 is 0. The molecule has 0 radical (unpaired) electrons. The fraction of sp³-hybridized carbons (Fsp3) is 0.667. The Morgan fingerprint density at radius 1 is 1.33 bits per heavy atom. The van der Waals surface area contributed by atoms with E-state index in [-0.39, 0.29) is 24.3 Å². The standard InChI is InChI=1S/C18H24N2O3S/c19-16-13(17(23)20-11-3-4-11)12-5-6-18(7-8-21,9-10-1-2-10)15(22)14(12)24-16/h10-11,21H,1-9,19H2,(H,20,23). The molecule has 0 spiro atoms. The van der Waals surface area contributed by atoms with Gasteiger partial charge in [-0.15, -0.1) is 11.3 Å². The van der Waals surface area contributed by atoms with Crippen LogP contribution in [0, 0.1) is 11.3 Å². The first-order valence-electron chi connectivity index (χ1n) is 8.92. The van der Waals surface area contributed by atoms with Crippen LogP contribution < -0.4 is 11.1 Å². The van der Waals surface area contributed by atoms with E-state index in [1.54, 1.807) is 0 Å². The number of carbonyl (C=O) groups excluding carboxylic acids is 2. The summed E-state index contributed by atoms with van der Waals surface area (Å²) in [6.45, 7) is 0.0314. The van der Waals surface area contributed by atoms with E-state index in [0.717, 1.165) is 31.2 Å². The van der Waals surface area contributed by atoms with E-state index in [1.165, 1.54) is 24.2 Å². The van der Waals surface area contributed by atoms with Crippen molar-refractivity contribution in [3.05, 3.63) is 16.0 Å². The molecule has 0 aliphatic heterocycles. The molecule has 0 aromatic carbocycles. The van der Waals surface area contributed by atoms with E-state index in [9.17, 15) is 14.7 Å². The second-order valence-corrected chi connectivity index (χ2v) is 8.68. The van der Waals surface area contributed by atoms with E-state index in [2.05, 4.69) is 5.32 Å². The average Bonchev–Trinajstić information content (AvgIpc) is 3.45. The first kappa shape index (κ1) is 16.1. The molecule has 1 unspecified atom stereocenters. The van der Waals surface area contributed by atoms with Gasteiger partial charge in [0.15, 0.2) is 5.78 Å². The number of nitrogen functional groups attached to an aromatic ring is 1. The van der Waals surface area contributed by atoms with Gasteiger partial charge in [-0.1, -0.05) is 12.8 Å². The fourth-order valence-corrected chi connectivity index (χ4v) is 5.16. The zero-order valence-electron chi connectivity index (χ0n) is 13.8. The molecule has 1 amide bonds. The number of hydrogen-bond donors (Lipinski definition) is 3. The van der Waals surface area contributed by atoms with Gasteiger partial charge >= 0.3 is 0 Å². The number of Topliss-reactive ketones (excluding diaryl/α,β-unsaturated/α-hetero) is 1. The van der Waals surface area contributed by atoms with Crippen molar-refractivity contribution in [1.29, 1.82) is 0 Å². The number of aliphatic hydroxyl groups excluding tert-OH is 1. The van der Waals surface area contributed by atoms with Gasteiger partial charge in [0.1, 0.15) is 0 Å². The summed E-state index contributed by atoms with van der Waals surface area (Å²) >= 11 is 1.26. The molecular weight excluding hydrogens is 324 g/mol. The number of nitrogens with one attached hydrogen (secondary N) is 1. The first-order valence-corrected chi connectivity index (χ1v) is 9.73. The summed E-state index contributed by atoms with van der Waals surface area (Å²) in [6.07, 6.45) is 7.24. The van der Waals surface area contributed by atoms with E-state index in [0.29, 0.717) is 34.2 Å². The zero-order chi connectivity index (χ0) is 16.9. The Morgan fingerprint density at radius 2 is 2.08 bits per heavy atom. The van der Waals surface area contributed by atoms with Gasteiger partial charge in [0.2, 0.25) is 0 Å². The second-order valence-electron chi connectivity index (χ2n) is 7.63. The molecule has 4 N–H and O–H groups in total. The van der Waals surface area contributed by atoms with Gasteiger partial charge in [-0.2, -0.15) is 0 Å². The maximum Gasteiger partial charge on any atom is 0.254 e. The van der Waals surface area contributed by atoms with Gasteiger partial charge in [-0.3, -0.25) is 9.59 Å². The van der Waals surface area contributed by atoms with Crippen molar-refractivity contribution in [1.82, 2.24) is 5.32 Å². The van der Waals surface area contributed by atoms with E-state index >= 15 is 0 Å². The molecule has 5 nitrogen and oxygen atoms in total. The number of hydrogen-bond acceptors (Lipinski definition) is 5. The van der Waals surface area contributed by atoms with Crippen LogP contribution in [0.5, 0.6) is 0 Å². The van der Waals surface area contributed by atoms with E-state index in [4.69, 9.17) is 5.73 Å². The van der Waals surface area contributed by atoms with Crippen molar-refractivity contribution in [3.8, 4) is 0 Å². The molecular formula is C18H24N2O3S. The molecule has 130 valence electrons. The van der Waals surface area contributed by atoms with Crippen LogP contribution in [0.1, 0.15) is 70.5 Å². The highest BCUT2D eigenvalue weighted by Gasteiger charge is 2.47. The van der Waals surface area contributed by atoms with Gasteiger partial charge in [0.25, 0.3) is 5.91 Å². The van der Waals surface area contributed by atoms with Crippen LogP contribution >= 0.6 is 11.3 Å². The van der Waals surface area contributed by atoms with Crippen molar-refractivity contribution in [2.24, 2.45) is 11.3 Å². The number of thiophene rings is 1. The maximum absolute atomic E-state index is 13.2. The minimum Gasteiger partial charge on any atom is -0.396 e. The van der Waals surface area contributed by atoms with Crippen LogP contribution in [0.25, 0.3) is 0 Å². The van der Waals surface area contributed by atoms with Crippen molar-refractivity contribution in [2.75, 3.05) is 12.3 Å². The number of amides is 1. The Bertz CT molecular complexity index is 691. The van der Waals surface area contributed by atoms with Gasteiger partial charge in [0.05, 0.1) is 15.4 Å². The third-order valence-corrected chi connectivity index (χ3v) is 6.74. The predicted octanol–water partition coefficient (Wildman–Crippen LogP) is 2.52. The summed E-state index contributed by atoms with van der Waals surface area (Å²) in [5.41, 5.74) is 7.02. The van der Waals surface area contributed by atoms with Gasteiger partial charge < -0.3 is 16.2 Å².